The van der Waals surface area contributed by atoms with Crippen molar-refractivity contribution in [2.45, 2.75) is 40.2 Å². The van der Waals surface area contributed by atoms with E-state index in [0.29, 0.717) is 6.54 Å². The van der Waals surface area contributed by atoms with Crippen LogP contribution >= 0.6 is 0 Å². The van der Waals surface area contributed by atoms with E-state index in [4.69, 9.17) is 10.5 Å². The van der Waals surface area contributed by atoms with Crippen LogP contribution in [-0.4, -0.2) is 31.1 Å². The molecular formula is C17H30N2O. The molecule has 0 saturated heterocycles. The maximum atomic E-state index is 5.85. The van der Waals surface area contributed by atoms with Crippen molar-refractivity contribution in [1.82, 2.24) is 4.90 Å². The highest BCUT2D eigenvalue weighted by atomic mass is 16.5. The Bertz CT molecular complexity index is 368. The summed E-state index contributed by atoms with van der Waals surface area (Å²) in [6, 6.07) is 8.02. The van der Waals surface area contributed by atoms with E-state index in [0.717, 1.165) is 43.3 Å². The van der Waals surface area contributed by atoms with Crippen LogP contribution < -0.4 is 10.5 Å². The normalized spacial score (nSPS) is 12.7. The SMILES string of the molecule is CCC(C)CN(CC)CCCOc1ccccc1CN. The molecule has 2 N–H and O–H groups in total. The number of ether oxygens (including phenoxy) is 1. The quantitative estimate of drug-likeness (QED) is 0.668. The summed E-state index contributed by atoms with van der Waals surface area (Å²) in [5.74, 6) is 1.70. The molecule has 114 valence electrons. The van der Waals surface area contributed by atoms with Crippen LogP contribution in [0, 0.1) is 5.92 Å². The third kappa shape index (κ3) is 5.93. The molecule has 0 aliphatic rings. The van der Waals surface area contributed by atoms with Gasteiger partial charge in [0.1, 0.15) is 5.75 Å². The van der Waals surface area contributed by atoms with Crippen LogP contribution in [0.3, 0.4) is 0 Å². The molecular weight excluding hydrogens is 248 g/mol. The summed E-state index contributed by atoms with van der Waals surface area (Å²) in [6.45, 7) is 11.5. The number of rotatable bonds is 10. The number of nitrogens with two attached hydrogens (primary N) is 1. The van der Waals surface area contributed by atoms with Gasteiger partial charge >= 0.3 is 0 Å². The lowest BCUT2D eigenvalue weighted by Gasteiger charge is -2.23. The topological polar surface area (TPSA) is 38.5 Å². The fourth-order valence-electron chi connectivity index (χ4n) is 2.23. The molecule has 0 aliphatic heterocycles. The largest absolute Gasteiger partial charge is 0.493 e. The zero-order valence-electron chi connectivity index (χ0n) is 13.3. The summed E-state index contributed by atoms with van der Waals surface area (Å²) < 4.78 is 5.85. The van der Waals surface area contributed by atoms with Gasteiger partial charge < -0.3 is 15.4 Å². The van der Waals surface area contributed by atoms with Gasteiger partial charge in [-0.3, -0.25) is 0 Å². The first-order valence-electron chi connectivity index (χ1n) is 7.84. The van der Waals surface area contributed by atoms with Gasteiger partial charge in [0, 0.05) is 25.2 Å². The molecule has 0 bridgehead atoms. The molecule has 3 nitrogen and oxygen atoms in total. The predicted octanol–water partition coefficient (Wildman–Crippen LogP) is 3.28. The number of hydrogen-bond donors (Lipinski definition) is 1. The van der Waals surface area contributed by atoms with Crippen molar-refractivity contribution in [3.05, 3.63) is 29.8 Å². The minimum absolute atomic E-state index is 0.533. The Hall–Kier alpha value is -1.06. The number of nitrogens with zero attached hydrogens (tertiary/aromatic N) is 1. The summed E-state index contributed by atoms with van der Waals surface area (Å²) >= 11 is 0. The Kier molecular flexibility index (Phi) is 8.31. The predicted molar refractivity (Wildman–Crippen MR) is 86.0 cm³/mol. The fourth-order valence-corrected chi connectivity index (χ4v) is 2.23. The molecule has 0 radical (unpaired) electrons. The molecule has 0 aromatic heterocycles. The first-order chi connectivity index (χ1) is 9.71. The van der Waals surface area contributed by atoms with E-state index in [2.05, 4.69) is 25.7 Å². The zero-order chi connectivity index (χ0) is 14.8. The number of para-hydroxylation sites is 1. The molecule has 0 aliphatic carbocycles. The third-order valence-corrected chi connectivity index (χ3v) is 3.78. The molecule has 0 fully saturated rings. The molecule has 0 saturated carbocycles. The van der Waals surface area contributed by atoms with Gasteiger partial charge in [-0.05, 0) is 24.9 Å². The van der Waals surface area contributed by atoms with Gasteiger partial charge in [-0.1, -0.05) is 45.4 Å². The Morgan fingerprint density at radius 2 is 2.00 bits per heavy atom. The monoisotopic (exact) mass is 278 g/mol. The minimum atomic E-state index is 0.533. The minimum Gasteiger partial charge on any atom is -0.493 e. The van der Waals surface area contributed by atoms with Crippen LogP contribution in [0.15, 0.2) is 24.3 Å². The molecule has 0 heterocycles. The molecule has 1 atom stereocenters. The summed E-state index contributed by atoms with van der Waals surface area (Å²) in [7, 11) is 0. The van der Waals surface area contributed by atoms with Crippen LogP contribution in [0.2, 0.25) is 0 Å². The second kappa shape index (κ2) is 9.78. The van der Waals surface area contributed by atoms with E-state index < -0.39 is 0 Å². The van der Waals surface area contributed by atoms with E-state index in [9.17, 15) is 0 Å². The second-order valence-corrected chi connectivity index (χ2v) is 5.42. The molecule has 3 heteroatoms. The van der Waals surface area contributed by atoms with Gasteiger partial charge in [-0.25, -0.2) is 0 Å². The van der Waals surface area contributed by atoms with Crippen molar-refractivity contribution in [3.63, 3.8) is 0 Å². The lowest BCUT2D eigenvalue weighted by Crippen LogP contribution is -2.30. The molecule has 1 rings (SSSR count). The maximum absolute atomic E-state index is 5.85. The lowest BCUT2D eigenvalue weighted by molar-refractivity contribution is 0.217. The Labute approximate surface area is 124 Å². The standard InChI is InChI=1S/C17H30N2O/c1-4-15(3)14-19(5-2)11-8-12-20-17-10-7-6-9-16(17)13-18/h6-7,9-10,15H,4-5,8,11-14,18H2,1-3H3. The third-order valence-electron chi connectivity index (χ3n) is 3.78. The van der Waals surface area contributed by atoms with Crippen LogP contribution in [0.25, 0.3) is 0 Å². The number of hydrogen-bond acceptors (Lipinski definition) is 3. The van der Waals surface area contributed by atoms with E-state index in [-0.39, 0.29) is 0 Å². The van der Waals surface area contributed by atoms with Crippen LogP contribution in [0.4, 0.5) is 0 Å². The fraction of sp³-hybridized carbons (Fsp3) is 0.647. The lowest BCUT2D eigenvalue weighted by atomic mass is 10.1. The summed E-state index contributed by atoms with van der Waals surface area (Å²) in [5.41, 5.74) is 6.79. The first kappa shape index (κ1) is 17.0. The van der Waals surface area contributed by atoms with E-state index in [1.165, 1.54) is 13.0 Å². The summed E-state index contributed by atoms with van der Waals surface area (Å²) in [6.07, 6.45) is 2.31. The van der Waals surface area contributed by atoms with Gasteiger partial charge in [-0.15, -0.1) is 0 Å². The highest BCUT2D eigenvalue weighted by Gasteiger charge is 2.07. The molecule has 1 aromatic rings. The van der Waals surface area contributed by atoms with Crippen molar-refractivity contribution < 1.29 is 4.74 Å². The van der Waals surface area contributed by atoms with E-state index in [1.54, 1.807) is 0 Å². The molecule has 0 spiro atoms. The van der Waals surface area contributed by atoms with Gasteiger partial charge in [0.05, 0.1) is 6.61 Å². The van der Waals surface area contributed by atoms with Gasteiger partial charge in [0.2, 0.25) is 0 Å². The number of benzene rings is 1. The summed E-state index contributed by atoms with van der Waals surface area (Å²) in [4.78, 5) is 2.51. The smallest absolute Gasteiger partial charge is 0.123 e. The zero-order valence-corrected chi connectivity index (χ0v) is 13.3. The van der Waals surface area contributed by atoms with Crippen LogP contribution in [-0.2, 0) is 6.54 Å². The van der Waals surface area contributed by atoms with Gasteiger partial charge in [0.25, 0.3) is 0 Å². The highest BCUT2D eigenvalue weighted by molar-refractivity contribution is 5.32. The highest BCUT2D eigenvalue weighted by Crippen LogP contribution is 2.17. The van der Waals surface area contributed by atoms with Crippen molar-refractivity contribution in [2.75, 3.05) is 26.2 Å². The molecule has 1 unspecified atom stereocenters. The average Bonchev–Trinajstić information content (AvgIpc) is 2.50. The van der Waals surface area contributed by atoms with Crippen LogP contribution in [0.1, 0.15) is 39.2 Å². The summed E-state index contributed by atoms with van der Waals surface area (Å²) in [5, 5.41) is 0. The molecule has 0 amide bonds. The molecule has 20 heavy (non-hydrogen) atoms. The van der Waals surface area contributed by atoms with Crippen molar-refractivity contribution in [3.8, 4) is 5.75 Å². The Morgan fingerprint density at radius 1 is 1.25 bits per heavy atom. The van der Waals surface area contributed by atoms with Crippen molar-refractivity contribution >= 4 is 0 Å². The average molecular weight is 278 g/mol. The maximum Gasteiger partial charge on any atom is 0.123 e. The van der Waals surface area contributed by atoms with Crippen molar-refractivity contribution in [1.29, 1.82) is 0 Å². The van der Waals surface area contributed by atoms with Gasteiger partial charge in [-0.2, -0.15) is 0 Å². The second-order valence-electron chi connectivity index (χ2n) is 5.42. The Balaban J connectivity index is 2.29. The van der Waals surface area contributed by atoms with Crippen LogP contribution in [0.5, 0.6) is 5.75 Å². The van der Waals surface area contributed by atoms with E-state index in [1.807, 2.05) is 24.3 Å². The first-order valence-corrected chi connectivity index (χ1v) is 7.84. The molecule has 1 aromatic carbocycles. The Morgan fingerprint density at radius 3 is 2.65 bits per heavy atom. The van der Waals surface area contributed by atoms with E-state index >= 15 is 0 Å². The van der Waals surface area contributed by atoms with Crippen molar-refractivity contribution in [2.24, 2.45) is 11.7 Å². The van der Waals surface area contributed by atoms with Gasteiger partial charge in [0.15, 0.2) is 0 Å².